The number of anilines is 1. The predicted octanol–water partition coefficient (Wildman–Crippen LogP) is 3.42. The lowest BCUT2D eigenvalue weighted by Gasteiger charge is -2.34. The molecule has 8 heteroatoms. The number of methoxy groups -OCH3 is 1. The number of hydrogen-bond acceptors (Lipinski definition) is 5. The maximum atomic E-state index is 13.0. The average Bonchev–Trinajstić information content (AvgIpc) is 2.77. The van der Waals surface area contributed by atoms with Crippen molar-refractivity contribution in [1.82, 2.24) is 4.31 Å². The third kappa shape index (κ3) is 4.80. The average molecular weight is 445 g/mol. The molecule has 0 aliphatic carbocycles. The van der Waals surface area contributed by atoms with Gasteiger partial charge < -0.3 is 9.64 Å². The first-order valence-corrected chi connectivity index (χ1v) is 11.6. The molecule has 0 unspecified atom stereocenters. The zero-order valence-electron chi connectivity index (χ0n) is 18.2. The summed E-state index contributed by atoms with van der Waals surface area (Å²) in [5.74, 6) is -0.284. The normalized spacial score (nSPS) is 19.6. The van der Waals surface area contributed by atoms with E-state index in [4.69, 9.17) is 4.74 Å². The number of esters is 1. The van der Waals surface area contributed by atoms with Crippen LogP contribution in [0.2, 0.25) is 0 Å². The quantitative estimate of drug-likeness (QED) is 0.660. The van der Waals surface area contributed by atoms with E-state index in [1.807, 2.05) is 0 Å². The molecule has 0 saturated carbocycles. The summed E-state index contributed by atoms with van der Waals surface area (Å²) >= 11 is 0. The Hall–Kier alpha value is -2.71. The van der Waals surface area contributed by atoms with Crippen LogP contribution in [0.3, 0.4) is 0 Å². The lowest BCUT2D eigenvalue weighted by molar-refractivity contribution is 0.0601. The highest BCUT2D eigenvalue weighted by Crippen LogP contribution is 2.27. The van der Waals surface area contributed by atoms with Crippen molar-refractivity contribution in [2.75, 3.05) is 32.1 Å². The first-order valence-electron chi connectivity index (χ1n) is 10.2. The van der Waals surface area contributed by atoms with Crippen LogP contribution in [0.5, 0.6) is 0 Å². The summed E-state index contributed by atoms with van der Waals surface area (Å²) in [6.07, 6.45) is 1.01. The Kier molecular flexibility index (Phi) is 6.81. The van der Waals surface area contributed by atoms with Gasteiger partial charge in [-0.2, -0.15) is 4.31 Å². The molecule has 0 aromatic heterocycles. The number of amides is 1. The number of nitrogens with zero attached hydrogens (tertiary/aromatic N) is 2. The van der Waals surface area contributed by atoms with Crippen LogP contribution in [0.15, 0.2) is 53.4 Å². The molecule has 1 saturated heterocycles. The van der Waals surface area contributed by atoms with Crippen molar-refractivity contribution in [1.29, 1.82) is 0 Å². The van der Waals surface area contributed by atoms with Crippen LogP contribution in [0, 0.1) is 11.8 Å². The second-order valence-corrected chi connectivity index (χ2v) is 10.1. The minimum absolute atomic E-state index is 0.169. The molecule has 0 bridgehead atoms. The van der Waals surface area contributed by atoms with E-state index in [-0.39, 0.29) is 16.4 Å². The Labute approximate surface area is 183 Å². The van der Waals surface area contributed by atoms with Gasteiger partial charge in [0.1, 0.15) is 0 Å². The molecule has 0 spiro atoms. The van der Waals surface area contributed by atoms with Crippen LogP contribution in [-0.4, -0.2) is 51.8 Å². The number of benzene rings is 2. The summed E-state index contributed by atoms with van der Waals surface area (Å²) in [7, 11) is -0.774. The van der Waals surface area contributed by atoms with Gasteiger partial charge in [0, 0.05) is 25.7 Å². The highest BCUT2D eigenvalue weighted by atomic mass is 32.2. The van der Waals surface area contributed by atoms with E-state index in [1.165, 1.54) is 40.6 Å². The summed E-state index contributed by atoms with van der Waals surface area (Å²) in [6.45, 7) is 5.12. The lowest BCUT2D eigenvalue weighted by atomic mass is 9.94. The first kappa shape index (κ1) is 23.0. The van der Waals surface area contributed by atoms with Crippen LogP contribution in [0.4, 0.5) is 5.69 Å². The third-order valence-electron chi connectivity index (χ3n) is 5.55. The minimum atomic E-state index is -3.62. The number of hydrogen-bond donors (Lipinski definition) is 0. The Balaban J connectivity index is 1.83. The van der Waals surface area contributed by atoms with Gasteiger partial charge in [-0.3, -0.25) is 4.79 Å². The highest BCUT2D eigenvalue weighted by molar-refractivity contribution is 7.89. The van der Waals surface area contributed by atoms with Gasteiger partial charge in [0.15, 0.2) is 0 Å². The van der Waals surface area contributed by atoms with E-state index in [9.17, 15) is 18.0 Å². The first-order chi connectivity index (χ1) is 14.6. The van der Waals surface area contributed by atoms with Gasteiger partial charge >= 0.3 is 5.97 Å². The fourth-order valence-electron chi connectivity index (χ4n) is 4.07. The molecule has 1 aliphatic rings. The maximum Gasteiger partial charge on any atom is 0.339 e. The Morgan fingerprint density at radius 2 is 1.58 bits per heavy atom. The number of sulfonamides is 1. The topological polar surface area (TPSA) is 84.0 Å². The second kappa shape index (κ2) is 9.20. The van der Waals surface area contributed by atoms with Crippen molar-refractivity contribution in [2.24, 2.45) is 11.8 Å². The molecule has 1 amide bonds. The van der Waals surface area contributed by atoms with Crippen LogP contribution in [0.25, 0.3) is 0 Å². The molecule has 1 heterocycles. The molecule has 2 aromatic rings. The molecule has 3 rings (SSSR count). The van der Waals surface area contributed by atoms with Gasteiger partial charge in [0.25, 0.3) is 5.91 Å². The number of carbonyl (C=O) groups is 2. The van der Waals surface area contributed by atoms with Crippen molar-refractivity contribution in [3.63, 3.8) is 0 Å². The van der Waals surface area contributed by atoms with Gasteiger partial charge in [-0.25, -0.2) is 13.2 Å². The van der Waals surface area contributed by atoms with E-state index in [1.54, 1.807) is 31.3 Å². The smallest absolute Gasteiger partial charge is 0.339 e. The fourth-order valence-corrected chi connectivity index (χ4v) is 5.75. The van der Waals surface area contributed by atoms with Gasteiger partial charge in [-0.15, -0.1) is 0 Å². The summed E-state index contributed by atoms with van der Waals surface area (Å²) in [5.41, 5.74) is 1.00. The van der Waals surface area contributed by atoms with Crippen LogP contribution in [0.1, 0.15) is 41.0 Å². The Morgan fingerprint density at radius 3 is 2.16 bits per heavy atom. The van der Waals surface area contributed by atoms with Crippen LogP contribution < -0.4 is 4.90 Å². The summed E-state index contributed by atoms with van der Waals surface area (Å²) in [5, 5.41) is 0. The molecule has 7 nitrogen and oxygen atoms in total. The SMILES string of the molecule is COC(=O)c1ccccc1N(C)C(=O)c1ccc(S(=O)(=O)N2C[C@@H](C)C[C@H](C)C2)cc1. The van der Waals surface area contributed by atoms with E-state index < -0.39 is 16.0 Å². The van der Waals surface area contributed by atoms with Crippen molar-refractivity contribution >= 4 is 27.6 Å². The molecule has 0 N–H and O–H groups in total. The van der Waals surface area contributed by atoms with E-state index in [2.05, 4.69) is 13.8 Å². The summed E-state index contributed by atoms with van der Waals surface area (Å²) in [4.78, 5) is 26.5. The molecule has 0 radical (unpaired) electrons. The summed E-state index contributed by atoms with van der Waals surface area (Å²) in [6, 6.07) is 12.6. The molecule has 31 heavy (non-hydrogen) atoms. The lowest BCUT2D eigenvalue weighted by Crippen LogP contribution is -2.42. The summed E-state index contributed by atoms with van der Waals surface area (Å²) < 4.78 is 32.4. The standard InChI is InChI=1S/C23H28N2O5S/c1-16-13-17(2)15-25(14-16)31(28,29)19-11-9-18(10-12-19)22(26)24(3)21-8-6-5-7-20(21)23(27)30-4/h5-12,16-17H,13-15H2,1-4H3/t16-,17-/m0/s1. The van der Waals surface area contributed by atoms with Crippen molar-refractivity contribution in [2.45, 2.75) is 25.2 Å². The minimum Gasteiger partial charge on any atom is -0.465 e. The second-order valence-electron chi connectivity index (χ2n) is 8.17. The number of piperidine rings is 1. The molecule has 1 fully saturated rings. The Morgan fingerprint density at radius 1 is 1.00 bits per heavy atom. The monoisotopic (exact) mass is 444 g/mol. The van der Waals surface area contributed by atoms with Crippen LogP contribution >= 0.6 is 0 Å². The number of ether oxygens (including phenoxy) is 1. The molecule has 1 aliphatic heterocycles. The third-order valence-corrected chi connectivity index (χ3v) is 7.40. The van der Waals surface area contributed by atoms with Crippen LogP contribution in [-0.2, 0) is 14.8 Å². The highest BCUT2D eigenvalue weighted by Gasteiger charge is 2.31. The molecular weight excluding hydrogens is 416 g/mol. The number of para-hydroxylation sites is 1. The molecule has 166 valence electrons. The van der Waals surface area contributed by atoms with Crippen molar-refractivity contribution in [3.05, 3.63) is 59.7 Å². The number of rotatable bonds is 5. The van der Waals surface area contributed by atoms with Gasteiger partial charge in [-0.1, -0.05) is 26.0 Å². The van der Waals surface area contributed by atoms with Gasteiger partial charge in [-0.05, 0) is 54.7 Å². The molecule has 2 atom stereocenters. The van der Waals surface area contributed by atoms with Crippen molar-refractivity contribution in [3.8, 4) is 0 Å². The maximum absolute atomic E-state index is 13.0. The van der Waals surface area contributed by atoms with Gasteiger partial charge in [0.2, 0.25) is 10.0 Å². The van der Waals surface area contributed by atoms with Gasteiger partial charge in [0.05, 0.1) is 23.3 Å². The number of carbonyl (C=O) groups excluding carboxylic acids is 2. The molecular formula is C23H28N2O5S. The van der Waals surface area contributed by atoms with E-state index in [0.717, 1.165) is 6.42 Å². The zero-order valence-corrected chi connectivity index (χ0v) is 19.1. The largest absolute Gasteiger partial charge is 0.465 e. The molecule has 2 aromatic carbocycles. The predicted molar refractivity (Wildman–Crippen MR) is 119 cm³/mol. The van der Waals surface area contributed by atoms with Crippen molar-refractivity contribution < 1.29 is 22.7 Å². The fraction of sp³-hybridized carbons (Fsp3) is 0.391. The Bertz CT molecular complexity index is 1060. The van der Waals surface area contributed by atoms with E-state index in [0.29, 0.717) is 36.2 Å². The van der Waals surface area contributed by atoms with E-state index >= 15 is 0 Å². The zero-order chi connectivity index (χ0) is 22.8.